The van der Waals surface area contributed by atoms with Crippen molar-refractivity contribution in [3.63, 3.8) is 0 Å². The monoisotopic (exact) mass is 291 g/mol. The van der Waals surface area contributed by atoms with Gasteiger partial charge in [-0.15, -0.1) is 0 Å². The Hall–Kier alpha value is -2.11. The molecule has 0 saturated heterocycles. The van der Waals surface area contributed by atoms with Crippen LogP contribution >= 0.6 is 0 Å². The number of carboxylic acid groups (broad SMARTS) is 1. The third-order valence-electron chi connectivity index (χ3n) is 4.12. The number of hydrogen-bond donors (Lipinski definition) is 3. The van der Waals surface area contributed by atoms with E-state index < -0.39 is 11.4 Å². The molecule has 1 amide bonds. The number of aromatic nitrogens is 1. The number of nitrogen functional groups attached to an aromatic ring is 1. The van der Waals surface area contributed by atoms with Crippen molar-refractivity contribution in [2.75, 3.05) is 12.3 Å². The van der Waals surface area contributed by atoms with Crippen molar-refractivity contribution in [3.8, 4) is 0 Å². The number of anilines is 1. The van der Waals surface area contributed by atoms with Crippen molar-refractivity contribution in [2.24, 2.45) is 5.41 Å². The van der Waals surface area contributed by atoms with Crippen LogP contribution < -0.4 is 11.1 Å². The highest BCUT2D eigenvalue weighted by atomic mass is 16.4. The Bertz CT molecular complexity index is 505. The summed E-state index contributed by atoms with van der Waals surface area (Å²) in [5, 5.41) is 12.3. The number of carboxylic acids is 1. The SMILES string of the molecule is Nc1ccc(C(=O)NCC2(C(=O)O)CCCCCC2)nc1. The maximum absolute atomic E-state index is 12.0. The smallest absolute Gasteiger partial charge is 0.311 e. The summed E-state index contributed by atoms with van der Waals surface area (Å²) in [4.78, 5) is 27.6. The summed E-state index contributed by atoms with van der Waals surface area (Å²) in [7, 11) is 0. The van der Waals surface area contributed by atoms with Crippen LogP contribution in [0.1, 0.15) is 49.0 Å². The van der Waals surface area contributed by atoms with Crippen LogP contribution in [0, 0.1) is 5.41 Å². The van der Waals surface area contributed by atoms with Gasteiger partial charge in [0, 0.05) is 6.54 Å². The largest absolute Gasteiger partial charge is 0.481 e. The van der Waals surface area contributed by atoms with Gasteiger partial charge >= 0.3 is 5.97 Å². The first-order valence-electron chi connectivity index (χ1n) is 7.27. The Morgan fingerprint density at radius 2 is 1.90 bits per heavy atom. The van der Waals surface area contributed by atoms with E-state index in [1.807, 2.05) is 0 Å². The zero-order valence-corrected chi connectivity index (χ0v) is 12.0. The lowest BCUT2D eigenvalue weighted by molar-refractivity contribution is -0.149. The average Bonchev–Trinajstić information content (AvgIpc) is 2.72. The number of nitrogens with one attached hydrogen (secondary N) is 1. The molecule has 1 aliphatic carbocycles. The van der Waals surface area contributed by atoms with Gasteiger partial charge in [-0.1, -0.05) is 25.7 Å². The summed E-state index contributed by atoms with van der Waals surface area (Å²) < 4.78 is 0. The summed E-state index contributed by atoms with van der Waals surface area (Å²) in [5.74, 6) is -1.19. The van der Waals surface area contributed by atoms with Crippen molar-refractivity contribution >= 4 is 17.6 Å². The fraction of sp³-hybridized carbons (Fsp3) is 0.533. The summed E-state index contributed by atoms with van der Waals surface area (Å²) in [5.41, 5.74) is 5.41. The molecule has 0 bridgehead atoms. The topological polar surface area (TPSA) is 105 Å². The molecule has 0 spiro atoms. The molecular formula is C15H21N3O3. The first-order chi connectivity index (χ1) is 10.0. The second kappa shape index (κ2) is 6.56. The molecule has 0 radical (unpaired) electrons. The number of aliphatic carboxylic acids is 1. The van der Waals surface area contributed by atoms with Gasteiger partial charge in [0.15, 0.2) is 0 Å². The second-order valence-corrected chi connectivity index (χ2v) is 5.66. The highest BCUT2D eigenvalue weighted by molar-refractivity contribution is 5.92. The van der Waals surface area contributed by atoms with Gasteiger partial charge in [-0.2, -0.15) is 0 Å². The summed E-state index contributed by atoms with van der Waals surface area (Å²) >= 11 is 0. The predicted molar refractivity (Wildman–Crippen MR) is 78.8 cm³/mol. The van der Waals surface area contributed by atoms with Crippen LogP contribution in [0.15, 0.2) is 18.3 Å². The van der Waals surface area contributed by atoms with E-state index >= 15 is 0 Å². The van der Waals surface area contributed by atoms with E-state index in [2.05, 4.69) is 10.3 Å². The number of hydrogen-bond acceptors (Lipinski definition) is 4. The molecule has 2 rings (SSSR count). The average molecular weight is 291 g/mol. The Labute approximate surface area is 123 Å². The fourth-order valence-corrected chi connectivity index (χ4v) is 2.75. The Balaban J connectivity index is 2.02. The molecule has 21 heavy (non-hydrogen) atoms. The van der Waals surface area contributed by atoms with Crippen molar-refractivity contribution in [1.29, 1.82) is 0 Å². The molecule has 1 heterocycles. The zero-order chi connectivity index (χ0) is 15.3. The van der Waals surface area contributed by atoms with E-state index in [0.29, 0.717) is 18.5 Å². The standard InChI is InChI=1S/C15H21N3O3/c16-11-5-6-12(17-9-11)13(19)18-10-15(14(20)21)7-3-1-2-4-8-15/h5-6,9H,1-4,7-8,10,16H2,(H,18,19)(H,20,21). The number of carbonyl (C=O) groups is 2. The lowest BCUT2D eigenvalue weighted by Gasteiger charge is -2.28. The van der Waals surface area contributed by atoms with Gasteiger partial charge in [0.25, 0.3) is 5.91 Å². The van der Waals surface area contributed by atoms with Crippen LogP contribution in [0.5, 0.6) is 0 Å². The first-order valence-corrected chi connectivity index (χ1v) is 7.27. The van der Waals surface area contributed by atoms with Gasteiger partial charge in [-0.05, 0) is 25.0 Å². The lowest BCUT2D eigenvalue weighted by Crippen LogP contribution is -2.43. The van der Waals surface area contributed by atoms with E-state index in [1.54, 1.807) is 6.07 Å². The maximum atomic E-state index is 12.0. The minimum Gasteiger partial charge on any atom is -0.481 e. The van der Waals surface area contributed by atoms with Gasteiger partial charge < -0.3 is 16.2 Å². The molecule has 114 valence electrons. The fourth-order valence-electron chi connectivity index (χ4n) is 2.75. The molecule has 0 unspecified atom stereocenters. The maximum Gasteiger partial charge on any atom is 0.311 e. The van der Waals surface area contributed by atoms with Gasteiger partial charge in [-0.3, -0.25) is 9.59 Å². The zero-order valence-electron chi connectivity index (χ0n) is 12.0. The summed E-state index contributed by atoms with van der Waals surface area (Å²) in [6.07, 6.45) is 6.53. The predicted octanol–water partition coefficient (Wildman–Crippen LogP) is 1.82. The van der Waals surface area contributed by atoms with Crippen molar-refractivity contribution in [3.05, 3.63) is 24.0 Å². The molecule has 1 saturated carbocycles. The Kier molecular flexibility index (Phi) is 4.77. The lowest BCUT2D eigenvalue weighted by atomic mass is 9.80. The summed E-state index contributed by atoms with van der Waals surface area (Å²) in [6, 6.07) is 3.13. The minimum atomic E-state index is -0.847. The van der Waals surface area contributed by atoms with Gasteiger partial charge in [0.2, 0.25) is 0 Å². The molecule has 1 aromatic rings. The van der Waals surface area contributed by atoms with Crippen LogP contribution in [0.2, 0.25) is 0 Å². The van der Waals surface area contributed by atoms with Crippen LogP contribution in [-0.2, 0) is 4.79 Å². The van der Waals surface area contributed by atoms with Crippen molar-refractivity contribution < 1.29 is 14.7 Å². The number of rotatable bonds is 4. The molecule has 6 nitrogen and oxygen atoms in total. The molecule has 1 aromatic heterocycles. The van der Waals surface area contributed by atoms with E-state index in [4.69, 9.17) is 5.73 Å². The van der Waals surface area contributed by atoms with E-state index in [9.17, 15) is 14.7 Å². The Morgan fingerprint density at radius 3 is 2.43 bits per heavy atom. The van der Waals surface area contributed by atoms with E-state index in [-0.39, 0.29) is 18.1 Å². The van der Waals surface area contributed by atoms with Crippen molar-refractivity contribution in [2.45, 2.75) is 38.5 Å². The molecule has 1 fully saturated rings. The number of nitrogens with two attached hydrogens (primary N) is 1. The van der Waals surface area contributed by atoms with Crippen LogP contribution in [0.4, 0.5) is 5.69 Å². The van der Waals surface area contributed by atoms with Gasteiger partial charge in [0.1, 0.15) is 5.69 Å². The molecule has 1 aliphatic rings. The second-order valence-electron chi connectivity index (χ2n) is 5.66. The molecule has 0 aliphatic heterocycles. The van der Waals surface area contributed by atoms with Crippen molar-refractivity contribution in [1.82, 2.24) is 10.3 Å². The number of pyridine rings is 1. The van der Waals surface area contributed by atoms with E-state index in [1.165, 1.54) is 12.3 Å². The van der Waals surface area contributed by atoms with Gasteiger partial charge in [-0.25, -0.2) is 4.98 Å². The first kappa shape index (κ1) is 15.3. The molecule has 0 aromatic carbocycles. The number of carbonyl (C=O) groups excluding carboxylic acids is 1. The van der Waals surface area contributed by atoms with Crippen LogP contribution in [0.3, 0.4) is 0 Å². The van der Waals surface area contributed by atoms with Crippen LogP contribution in [0.25, 0.3) is 0 Å². The molecule has 4 N–H and O–H groups in total. The number of amides is 1. The third kappa shape index (κ3) is 3.71. The van der Waals surface area contributed by atoms with E-state index in [0.717, 1.165) is 25.7 Å². The quantitative estimate of drug-likeness (QED) is 0.734. The normalized spacial score (nSPS) is 17.7. The minimum absolute atomic E-state index is 0.146. The molecule has 6 heteroatoms. The molecule has 0 atom stereocenters. The number of nitrogens with zero attached hydrogens (tertiary/aromatic N) is 1. The highest BCUT2D eigenvalue weighted by Gasteiger charge is 2.38. The van der Waals surface area contributed by atoms with Gasteiger partial charge in [0.05, 0.1) is 17.3 Å². The third-order valence-corrected chi connectivity index (χ3v) is 4.12. The summed E-state index contributed by atoms with van der Waals surface area (Å²) in [6.45, 7) is 0.146. The molecular weight excluding hydrogens is 270 g/mol. The van der Waals surface area contributed by atoms with Crippen LogP contribution in [-0.4, -0.2) is 28.5 Å². The Morgan fingerprint density at radius 1 is 1.24 bits per heavy atom. The highest BCUT2D eigenvalue weighted by Crippen LogP contribution is 2.34.